The van der Waals surface area contributed by atoms with Crippen molar-refractivity contribution in [1.82, 2.24) is 4.90 Å². The predicted molar refractivity (Wildman–Crippen MR) is 135 cm³/mol. The Labute approximate surface area is 201 Å². The van der Waals surface area contributed by atoms with E-state index in [-0.39, 0.29) is 6.17 Å². The third-order valence-corrected chi connectivity index (χ3v) is 7.25. The highest BCUT2D eigenvalue weighted by atomic mass is 16.5. The fraction of sp³-hybridized carbons (Fsp3) is 0.778. The van der Waals surface area contributed by atoms with Gasteiger partial charge in [-0.3, -0.25) is 4.90 Å². The number of aliphatic hydroxyl groups is 1. The van der Waals surface area contributed by atoms with Crippen LogP contribution in [0.4, 0.5) is 0 Å². The highest BCUT2D eigenvalue weighted by Gasteiger charge is 2.33. The first kappa shape index (κ1) is 27.9. The molecule has 6 heteroatoms. The molecule has 1 heterocycles. The van der Waals surface area contributed by atoms with Crippen LogP contribution in [0.3, 0.4) is 0 Å². The number of likely N-dealkylation sites (tertiary alicyclic amines) is 1. The molecule has 0 saturated carbocycles. The van der Waals surface area contributed by atoms with E-state index in [2.05, 4.69) is 44.7 Å². The van der Waals surface area contributed by atoms with Crippen LogP contribution >= 0.6 is 0 Å². The number of piperidine rings is 1. The van der Waals surface area contributed by atoms with Crippen LogP contribution in [-0.4, -0.2) is 61.8 Å². The lowest BCUT2D eigenvalue weighted by molar-refractivity contribution is -0.0183. The lowest BCUT2D eigenvalue weighted by Crippen LogP contribution is -2.58. The zero-order valence-corrected chi connectivity index (χ0v) is 21.8. The van der Waals surface area contributed by atoms with Gasteiger partial charge in [0.2, 0.25) is 0 Å². The molecular weight excluding hydrogens is 416 g/mol. The largest absolute Gasteiger partial charge is 0.493 e. The van der Waals surface area contributed by atoms with Crippen LogP contribution in [0.1, 0.15) is 71.8 Å². The second-order valence-corrected chi connectivity index (χ2v) is 10.1. The van der Waals surface area contributed by atoms with Crippen LogP contribution in [0, 0.1) is 11.8 Å². The molecule has 0 bridgehead atoms. The molecule has 0 aromatic heterocycles. The Morgan fingerprint density at radius 3 is 2.36 bits per heavy atom. The first-order chi connectivity index (χ1) is 15.8. The summed E-state index contributed by atoms with van der Waals surface area (Å²) in [6.45, 7) is 10.3. The molecule has 2 rings (SSSR count). The first-order valence-corrected chi connectivity index (χ1v) is 12.8. The number of methoxy groups -OCH3 is 2. The van der Waals surface area contributed by atoms with Crippen molar-refractivity contribution in [2.24, 2.45) is 17.6 Å². The van der Waals surface area contributed by atoms with Crippen molar-refractivity contribution in [3.8, 4) is 11.5 Å². The summed E-state index contributed by atoms with van der Waals surface area (Å²) in [5.41, 5.74) is 7.77. The summed E-state index contributed by atoms with van der Waals surface area (Å²) in [5, 5.41) is 10.9. The molecule has 1 saturated heterocycles. The van der Waals surface area contributed by atoms with Gasteiger partial charge in [-0.15, -0.1) is 0 Å². The molecule has 1 aliphatic heterocycles. The molecule has 0 spiro atoms. The van der Waals surface area contributed by atoms with Crippen molar-refractivity contribution in [3.63, 3.8) is 0 Å². The number of ether oxygens (including phenoxy) is 3. The minimum Gasteiger partial charge on any atom is -0.493 e. The van der Waals surface area contributed by atoms with E-state index in [9.17, 15) is 5.11 Å². The molecule has 1 aromatic rings. The lowest BCUT2D eigenvalue weighted by Gasteiger charge is -2.44. The highest BCUT2D eigenvalue weighted by Crippen LogP contribution is 2.32. The molecule has 1 fully saturated rings. The Kier molecular flexibility index (Phi) is 12.0. The normalized spacial score (nSPS) is 22.2. The van der Waals surface area contributed by atoms with E-state index in [0.717, 1.165) is 50.0 Å². The number of nitrogens with two attached hydrogens (primary N) is 1. The van der Waals surface area contributed by atoms with Gasteiger partial charge in [-0.25, -0.2) is 0 Å². The number of hydrogen-bond donors (Lipinski definition) is 2. The molecule has 6 nitrogen and oxygen atoms in total. The van der Waals surface area contributed by atoms with Gasteiger partial charge in [0.05, 0.1) is 26.0 Å². The van der Waals surface area contributed by atoms with Gasteiger partial charge in [0.25, 0.3) is 0 Å². The van der Waals surface area contributed by atoms with E-state index in [1.807, 2.05) is 6.07 Å². The van der Waals surface area contributed by atoms with Crippen LogP contribution in [0.25, 0.3) is 0 Å². The van der Waals surface area contributed by atoms with E-state index in [1.54, 1.807) is 14.2 Å². The van der Waals surface area contributed by atoms with Gasteiger partial charge in [-0.2, -0.15) is 0 Å². The first-order valence-electron chi connectivity index (χ1n) is 12.8. The summed E-state index contributed by atoms with van der Waals surface area (Å²) >= 11 is 0. The Bertz CT molecular complexity index is 674. The third-order valence-electron chi connectivity index (χ3n) is 7.25. The van der Waals surface area contributed by atoms with E-state index in [0.29, 0.717) is 37.1 Å². The Morgan fingerprint density at radius 2 is 1.76 bits per heavy atom. The molecule has 0 aliphatic carbocycles. The number of aliphatic hydroxyl groups excluding tert-OH is 1. The zero-order valence-electron chi connectivity index (χ0n) is 21.8. The molecule has 33 heavy (non-hydrogen) atoms. The topological polar surface area (TPSA) is 77.2 Å². The molecule has 3 N–H and O–H groups in total. The van der Waals surface area contributed by atoms with Gasteiger partial charge in [-0.1, -0.05) is 26.3 Å². The number of nitrogens with zero attached hydrogens (tertiary/aromatic N) is 1. The monoisotopic (exact) mass is 464 g/mol. The fourth-order valence-electron chi connectivity index (χ4n) is 5.10. The Hall–Kier alpha value is -1.34. The van der Waals surface area contributed by atoms with E-state index in [4.69, 9.17) is 19.9 Å². The molecular formula is C27H48N2O4. The maximum atomic E-state index is 10.9. The van der Waals surface area contributed by atoms with Crippen molar-refractivity contribution in [1.29, 1.82) is 0 Å². The SMILES string of the molecule is COCCCOc1cc(C[C@H](CC[C@H](O)[C@@H](N)N2[C@H](C)CCC[C@@H]2C)C(C)C)ccc1OC. The number of hydrogen-bond acceptors (Lipinski definition) is 6. The van der Waals surface area contributed by atoms with E-state index in [1.165, 1.54) is 12.0 Å². The lowest BCUT2D eigenvalue weighted by atomic mass is 9.84. The minimum atomic E-state index is -0.509. The van der Waals surface area contributed by atoms with Gasteiger partial charge in [0.1, 0.15) is 0 Å². The summed E-state index contributed by atoms with van der Waals surface area (Å²) in [6, 6.07) is 7.07. The van der Waals surface area contributed by atoms with Crippen molar-refractivity contribution in [3.05, 3.63) is 23.8 Å². The van der Waals surface area contributed by atoms with Gasteiger partial charge >= 0.3 is 0 Å². The van der Waals surface area contributed by atoms with Crippen molar-refractivity contribution in [2.75, 3.05) is 27.4 Å². The average Bonchev–Trinajstić information content (AvgIpc) is 2.79. The van der Waals surface area contributed by atoms with Crippen LogP contribution in [0.5, 0.6) is 11.5 Å². The highest BCUT2D eigenvalue weighted by molar-refractivity contribution is 5.43. The molecule has 0 amide bonds. The van der Waals surface area contributed by atoms with Crippen molar-refractivity contribution >= 4 is 0 Å². The maximum absolute atomic E-state index is 10.9. The van der Waals surface area contributed by atoms with Gasteiger partial charge in [0.15, 0.2) is 11.5 Å². The fourth-order valence-corrected chi connectivity index (χ4v) is 5.10. The summed E-state index contributed by atoms with van der Waals surface area (Å²) in [7, 11) is 3.37. The standard InChI is InChI=1S/C27H48N2O4/c1-19(2)23(12-13-24(30)27(28)29-20(3)9-7-10-21(29)4)17-22-11-14-25(32-6)26(18-22)33-16-8-15-31-5/h11,14,18-21,23-24,27,30H,7-10,12-13,15-17,28H2,1-6H3/t20-,21+,23-,24-,27-/m0/s1. The molecule has 5 atom stereocenters. The van der Waals surface area contributed by atoms with Crippen molar-refractivity contribution in [2.45, 2.75) is 97.0 Å². The van der Waals surface area contributed by atoms with Crippen LogP contribution < -0.4 is 15.2 Å². The number of rotatable bonds is 14. The second-order valence-electron chi connectivity index (χ2n) is 10.1. The smallest absolute Gasteiger partial charge is 0.161 e. The van der Waals surface area contributed by atoms with Gasteiger partial charge in [-0.05, 0) is 75.5 Å². The Morgan fingerprint density at radius 1 is 1.06 bits per heavy atom. The molecule has 190 valence electrons. The molecule has 0 radical (unpaired) electrons. The maximum Gasteiger partial charge on any atom is 0.161 e. The van der Waals surface area contributed by atoms with Crippen LogP contribution in [-0.2, 0) is 11.2 Å². The predicted octanol–water partition coefficient (Wildman–Crippen LogP) is 4.61. The second kappa shape index (κ2) is 14.1. The van der Waals surface area contributed by atoms with Crippen LogP contribution in [0.15, 0.2) is 18.2 Å². The van der Waals surface area contributed by atoms with Crippen molar-refractivity contribution < 1.29 is 19.3 Å². The quantitative estimate of drug-likeness (QED) is 0.392. The van der Waals surface area contributed by atoms with Gasteiger partial charge in [0, 0.05) is 32.2 Å². The summed E-state index contributed by atoms with van der Waals surface area (Å²) in [5.74, 6) is 2.50. The number of benzene rings is 1. The summed E-state index contributed by atoms with van der Waals surface area (Å²) < 4.78 is 16.6. The summed E-state index contributed by atoms with van der Waals surface area (Å²) in [6.07, 6.45) is 6.20. The average molecular weight is 465 g/mol. The zero-order chi connectivity index (χ0) is 24.4. The summed E-state index contributed by atoms with van der Waals surface area (Å²) in [4.78, 5) is 2.33. The molecule has 0 unspecified atom stereocenters. The van der Waals surface area contributed by atoms with Crippen LogP contribution in [0.2, 0.25) is 0 Å². The molecule has 1 aromatic carbocycles. The van der Waals surface area contributed by atoms with E-state index >= 15 is 0 Å². The Balaban J connectivity index is 1.98. The molecule has 1 aliphatic rings. The third kappa shape index (κ3) is 8.43. The minimum absolute atomic E-state index is 0.295. The van der Waals surface area contributed by atoms with Gasteiger partial charge < -0.3 is 25.1 Å². The van der Waals surface area contributed by atoms with E-state index < -0.39 is 6.10 Å².